The SMILES string of the molecule is CC(C#N)S(=O)(=O)Nc1ccc(C(N)=O)cc1. The van der Waals surface area contributed by atoms with Crippen molar-refractivity contribution in [3.05, 3.63) is 29.8 Å². The van der Waals surface area contributed by atoms with Crippen LogP contribution in [-0.2, 0) is 10.0 Å². The number of nitriles is 1. The fourth-order valence-electron chi connectivity index (χ4n) is 1.02. The topological polar surface area (TPSA) is 113 Å². The molecule has 6 nitrogen and oxygen atoms in total. The first kappa shape index (κ1) is 13.0. The summed E-state index contributed by atoms with van der Waals surface area (Å²) < 4.78 is 25.3. The third kappa shape index (κ3) is 3.19. The summed E-state index contributed by atoms with van der Waals surface area (Å²) in [7, 11) is -3.72. The van der Waals surface area contributed by atoms with Crippen LogP contribution in [0.4, 0.5) is 5.69 Å². The number of benzene rings is 1. The Hall–Kier alpha value is -2.07. The minimum Gasteiger partial charge on any atom is -0.366 e. The smallest absolute Gasteiger partial charge is 0.248 e. The first-order valence-electron chi connectivity index (χ1n) is 4.68. The molecule has 0 heterocycles. The number of primary amides is 1. The minimum atomic E-state index is -3.72. The fraction of sp³-hybridized carbons (Fsp3) is 0.200. The van der Waals surface area contributed by atoms with Crippen LogP contribution in [0.3, 0.4) is 0 Å². The van der Waals surface area contributed by atoms with Crippen molar-refractivity contribution in [3.8, 4) is 6.07 Å². The van der Waals surface area contributed by atoms with Crippen LogP contribution in [0.1, 0.15) is 17.3 Å². The first-order chi connectivity index (χ1) is 7.86. The van der Waals surface area contributed by atoms with Crippen LogP contribution in [0.2, 0.25) is 0 Å². The van der Waals surface area contributed by atoms with Crippen molar-refractivity contribution in [1.82, 2.24) is 0 Å². The number of nitrogens with one attached hydrogen (secondary N) is 1. The zero-order valence-electron chi connectivity index (χ0n) is 9.04. The molecule has 0 aliphatic heterocycles. The molecule has 0 aliphatic rings. The number of anilines is 1. The lowest BCUT2D eigenvalue weighted by Gasteiger charge is -2.09. The number of nitrogens with two attached hydrogens (primary N) is 1. The predicted molar refractivity (Wildman–Crippen MR) is 62.6 cm³/mol. The van der Waals surface area contributed by atoms with Gasteiger partial charge in [-0.3, -0.25) is 9.52 Å². The van der Waals surface area contributed by atoms with E-state index in [4.69, 9.17) is 11.0 Å². The van der Waals surface area contributed by atoms with Gasteiger partial charge in [0.25, 0.3) is 0 Å². The molecule has 90 valence electrons. The molecule has 7 heteroatoms. The number of hydrogen-bond acceptors (Lipinski definition) is 4. The first-order valence-corrected chi connectivity index (χ1v) is 6.22. The van der Waals surface area contributed by atoms with E-state index in [2.05, 4.69) is 4.72 Å². The van der Waals surface area contributed by atoms with Gasteiger partial charge >= 0.3 is 0 Å². The van der Waals surface area contributed by atoms with E-state index in [9.17, 15) is 13.2 Å². The second-order valence-corrected chi connectivity index (χ2v) is 5.36. The highest BCUT2D eigenvalue weighted by atomic mass is 32.2. The molecule has 0 saturated carbocycles. The Morgan fingerprint density at radius 3 is 2.35 bits per heavy atom. The van der Waals surface area contributed by atoms with Crippen LogP contribution in [0.15, 0.2) is 24.3 Å². The van der Waals surface area contributed by atoms with Crippen LogP contribution in [0.5, 0.6) is 0 Å². The molecule has 1 rings (SSSR count). The van der Waals surface area contributed by atoms with E-state index in [0.29, 0.717) is 0 Å². The van der Waals surface area contributed by atoms with Gasteiger partial charge in [0.2, 0.25) is 15.9 Å². The second kappa shape index (κ2) is 4.84. The Morgan fingerprint density at radius 2 is 1.94 bits per heavy atom. The summed E-state index contributed by atoms with van der Waals surface area (Å²) in [4.78, 5) is 10.8. The van der Waals surface area contributed by atoms with E-state index in [1.807, 2.05) is 0 Å². The van der Waals surface area contributed by atoms with Gasteiger partial charge in [-0.15, -0.1) is 0 Å². The van der Waals surface area contributed by atoms with Crippen molar-refractivity contribution in [2.75, 3.05) is 4.72 Å². The number of sulfonamides is 1. The number of amides is 1. The molecule has 1 amide bonds. The number of hydrogen-bond donors (Lipinski definition) is 2. The van der Waals surface area contributed by atoms with Crippen LogP contribution in [0, 0.1) is 11.3 Å². The Labute approximate surface area is 99.1 Å². The Bertz CT molecular complexity index is 557. The highest BCUT2D eigenvalue weighted by Gasteiger charge is 2.19. The van der Waals surface area contributed by atoms with Crippen molar-refractivity contribution in [2.24, 2.45) is 5.73 Å². The molecule has 0 radical (unpaired) electrons. The maximum Gasteiger partial charge on any atom is 0.248 e. The minimum absolute atomic E-state index is 0.275. The van der Waals surface area contributed by atoms with Gasteiger partial charge in [-0.05, 0) is 31.2 Å². The van der Waals surface area contributed by atoms with Gasteiger partial charge in [-0.2, -0.15) is 5.26 Å². The largest absolute Gasteiger partial charge is 0.366 e. The molecule has 3 N–H and O–H groups in total. The molecule has 0 aromatic heterocycles. The van der Waals surface area contributed by atoms with Crippen molar-refractivity contribution in [1.29, 1.82) is 5.26 Å². The summed E-state index contributed by atoms with van der Waals surface area (Å²) in [5.41, 5.74) is 5.59. The molecule has 0 spiro atoms. The zero-order valence-corrected chi connectivity index (χ0v) is 9.86. The van der Waals surface area contributed by atoms with E-state index in [1.54, 1.807) is 6.07 Å². The van der Waals surface area contributed by atoms with Gasteiger partial charge in [0.05, 0.1) is 6.07 Å². The van der Waals surface area contributed by atoms with Crippen LogP contribution < -0.4 is 10.5 Å². The molecule has 0 aliphatic carbocycles. The van der Waals surface area contributed by atoms with Gasteiger partial charge in [0.15, 0.2) is 5.25 Å². The van der Waals surface area contributed by atoms with E-state index in [-0.39, 0.29) is 11.3 Å². The molecule has 1 atom stereocenters. The number of nitrogens with zero attached hydrogens (tertiary/aromatic N) is 1. The molecule has 0 bridgehead atoms. The Balaban J connectivity index is 2.91. The average Bonchev–Trinajstić information content (AvgIpc) is 2.28. The predicted octanol–water partition coefficient (Wildman–Crippen LogP) is 0.439. The fourth-order valence-corrected chi connectivity index (χ4v) is 1.80. The standard InChI is InChI=1S/C10H11N3O3S/c1-7(6-11)17(15,16)13-9-4-2-8(3-5-9)10(12)14/h2-5,7,13H,1H3,(H2,12,14). The Kier molecular flexibility index (Phi) is 3.70. The molecule has 1 unspecified atom stereocenters. The zero-order chi connectivity index (χ0) is 13.1. The summed E-state index contributed by atoms with van der Waals surface area (Å²) >= 11 is 0. The number of carbonyl (C=O) groups excluding carboxylic acids is 1. The van der Waals surface area contributed by atoms with Crippen LogP contribution in [0.25, 0.3) is 0 Å². The van der Waals surface area contributed by atoms with E-state index in [1.165, 1.54) is 31.2 Å². The van der Waals surface area contributed by atoms with E-state index < -0.39 is 21.2 Å². The Morgan fingerprint density at radius 1 is 1.41 bits per heavy atom. The summed E-state index contributed by atoms with van der Waals surface area (Å²) in [6, 6.07) is 7.24. The molecule has 1 aromatic rings. The monoisotopic (exact) mass is 253 g/mol. The molecule has 1 aromatic carbocycles. The van der Waals surface area contributed by atoms with E-state index >= 15 is 0 Å². The van der Waals surface area contributed by atoms with Gasteiger partial charge in [-0.1, -0.05) is 0 Å². The number of carbonyl (C=O) groups is 1. The van der Waals surface area contributed by atoms with Crippen LogP contribution >= 0.6 is 0 Å². The van der Waals surface area contributed by atoms with Gasteiger partial charge in [-0.25, -0.2) is 8.42 Å². The summed E-state index contributed by atoms with van der Waals surface area (Å²) in [5, 5.41) is 7.38. The highest BCUT2D eigenvalue weighted by molar-refractivity contribution is 7.93. The summed E-state index contributed by atoms with van der Waals surface area (Å²) in [6.07, 6.45) is 0. The lowest BCUT2D eigenvalue weighted by molar-refractivity contribution is 0.100. The normalized spacial score (nSPS) is 12.5. The average molecular weight is 253 g/mol. The van der Waals surface area contributed by atoms with Gasteiger partial charge in [0.1, 0.15) is 0 Å². The maximum absolute atomic E-state index is 11.5. The third-order valence-corrected chi connectivity index (χ3v) is 3.63. The molecule has 17 heavy (non-hydrogen) atoms. The lowest BCUT2D eigenvalue weighted by atomic mass is 10.2. The van der Waals surface area contributed by atoms with E-state index in [0.717, 1.165) is 0 Å². The molecular weight excluding hydrogens is 242 g/mol. The van der Waals surface area contributed by atoms with Crippen molar-refractivity contribution in [2.45, 2.75) is 12.2 Å². The molecule has 0 saturated heterocycles. The molecule has 0 fully saturated rings. The second-order valence-electron chi connectivity index (χ2n) is 3.36. The highest BCUT2D eigenvalue weighted by Crippen LogP contribution is 2.13. The lowest BCUT2D eigenvalue weighted by Crippen LogP contribution is -2.23. The van der Waals surface area contributed by atoms with Crippen molar-refractivity contribution >= 4 is 21.6 Å². The summed E-state index contributed by atoms with van der Waals surface area (Å²) in [6.45, 7) is 1.28. The van der Waals surface area contributed by atoms with Crippen molar-refractivity contribution in [3.63, 3.8) is 0 Å². The van der Waals surface area contributed by atoms with Crippen LogP contribution in [-0.4, -0.2) is 19.6 Å². The third-order valence-electron chi connectivity index (χ3n) is 2.08. The van der Waals surface area contributed by atoms with Gasteiger partial charge < -0.3 is 5.73 Å². The van der Waals surface area contributed by atoms with Crippen molar-refractivity contribution < 1.29 is 13.2 Å². The number of rotatable bonds is 4. The van der Waals surface area contributed by atoms with Gasteiger partial charge in [0, 0.05) is 11.3 Å². The summed E-state index contributed by atoms with van der Waals surface area (Å²) in [5.74, 6) is -0.593. The maximum atomic E-state index is 11.5. The quantitative estimate of drug-likeness (QED) is 0.810. The molecular formula is C10H11N3O3S.